The molecular weight excluding hydrogens is 592 g/mol. The van der Waals surface area contributed by atoms with Crippen LogP contribution in [0.4, 0.5) is 14.5 Å². The maximum Gasteiger partial charge on any atom is 0.243 e. The van der Waals surface area contributed by atoms with Crippen LogP contribution in [0.1, 0.15) is 53.0 Å². The van der Waals surface area contributed by atoms with E-state index in [4.69, 9.17) is 9.47 Å². The van der Waals surface area contributed by atoms with Crippen molar-refractivity contribution in [1.82, 2.24) is 19.4 Å². The molecule has 0 aliphatic carbocycles. The first-order valence-electron chi connectivity index (χ1n) is 15.1. The summed E-state index contributed by atoms with van der Waals surface area (Å²) in [5, 5.41) is 10.8. The van der Waals surface area contributed by atoms with Crippen LogP contribution in [-0.2, 0) is 34.1 Å². The van der Waals surface area contributed by atoms with Gasteiger partial charge in [-0.3, -0.25) is 14.8 Å². The van der Waals surface area contributed by atoms with E-state index >= 15 is 0 Å². The first-order valence-corrected chi connectivity index (χ1v) is 16.6. The summed E-state index contributed by atoms with van der Waals surface area (Å²) in [5.41, 5.74) is 2.97. The second-order valence-electron chi connectivity index (χ2n) is 11.6. The zero-order valence-electron chi connectivity index (χ0n) is 24.5. The average Bonchev–Trinajstić information content (AvgIpc) is 3.67. The number of Topliss-reactive ketones (excluding diaryl/α,β-unsaturated/α-hetero) is 1. The number of ether oxygens (including phenoxy) is 2. The zero-order chi connectivity index (χ0) is 30.7. The number of benzene rings is 2. The molecule has 3 aliphatic heterocycles. The molecule has 0 atom stereocenters. The van der Waals surface area contributed by atoms with Crippen LogP contribution in [0.15, 0.2) is 41.3 Å². The quantitative estimate of drug-likeness (QED) is 0.307. The van der Waals surface area contributed by atoms with E-state index in [1.807, 2.05) is 6.07 Å². The van der Waals surface area contributed by atoms with Gasteiger partial charge < -0.3 is 14.8 Å². The lowest BCUT2D eigenvalue weighted by Crippen LogP contribution is -2.36. The highest BCUT2D eigenvalue weighted by molar-refractivity contribution is 7.89. The minimum atomic E-state index is -4.18. The van der Waals surface area contributed by atoms with Crippen molar-refractivity contribution in [3.05, 3.63) is 70.5 Å². The number of H-pyrrole nitrogens is 1. The summed E-state index contributed by atoms with van der Waals surface area (Å²) in [6.07, 6.45) is 4.35. The predicted molar refractivity (Wildman–Crippen MR) is 159 cm³/mol. The molecule has 236 valence electrons. The van der Waals surface area contributed by atoms with Crippen LogP contribution in [-0.4, -0.2) is 85.6 Å². The fourth-order valence-electron chi connectivity index (χ4n) is 6.09. The number of nitrogens with one attached hydrogen (secondary N) is 2. The molecule has 0 spiro atoms. The van der Waals surface area contributed by atoms with Crippen LogP contribution in [0.2, 0.25) is 0 Å². The van der Waals surface area contributed by atoms with Crippen LogP contribution in [0.3, 0.4) is 0 Å². The number of rotatable bonds is 11. The van der Waals surface area contributed by atoms with E-state index in [0.29, 0.717) is 60.6 Å². The molecule has 2 N–H and O–H groups in total. The van der Waals surface area contributed by atoms with Gasteiger partial charge in [-0.1, -0.05) is 0 Å². The Morgan fingerprint density at radius 2 is 1.82 bits per heavy atom. The number of hydrogen-bond donors (Lipinski definition) is 2. The van der Waals surface area contributed by atoms with Gasteiger partial charge in [-0.25, -0.2) is 17.2 Å². The lowest BCUT2D eigenvalue weighted by Gasteiger charge is -2.27. The van der Waals surface area contributed by atoms with Gasteiger partial charge in [-0.05, 0) is 63.0 Å². The Labute approximate surface area is 255 Å². The summed E-state index contributed by atoms with van der Waals surface area (Å²) < 4.78 is 66.9. The first kappa shape index (κ1) is 30.6. The Hall–Kier alpha value is -3.39. The van der Waals surface area contributed by atoms with Gasteiger partial charge >= 0.3 is 0 Å². The van der Waals surface area contributed by atoms with Crippen molar-refractivity contribution in [2.24, 2.45) is 0 Å². The molecule has 0 bridgehead atoms. The summed E-state index contributed by atoms with van der Waals surface area (Å²) in [6, 6.07) is 7.84. The van der Waals surface area contributed by atoms with E-state index in [0.717, 1.165) is 50.3 Å². The Kier molecular flexibility index (Phi) is 9.26. The molecule has 0 saturated carbocycles. The molecule has 0 amide bonds. The molecule has 2 fully saturated rings. The van der Waals surface area contributed by atoms with E-state index in [9.17, 15) is 22.0 Å². The van der Waals surface area contributed by atoms with E-state index in [1.54, 1.807) is 12.1 Å². The smallest absolute Gasteiger partial charge is 0.243 e. The second-order valence-corrected chi connectivity index (χ2v) is 13.5. The van der Waals surface area contributed by atoms with Crippen molar-refractivity contribution in [3.8, 4) is 5.75 Å². The molecular formula is C31H37F2N5O5S. The third-order valence-electron chi connectivity index (χ3n) is 8.53. The molecule has 6 rings (SSSR count). The molecule has 44 heavy (non-hydrogen) atoms. The largest absolute Gasteiger partial charge is 0.492 e. The Morgan fingerprint density at radius 1 is 1.07 bits per heavy atom. The number of likely N-dealkylation sites (tertiary alicyclic amines) is 1. The molecule has 0 radical (unpaired) electrons. The fraction of sp³-hybridized carbons (Fsp3) is 0.484. The molecule has 2 saturated heterocycles. The number of aromatic amines is 1. The minimum Gasteiger partial charge on any atom is -0.492 e. The van der Waals surface area contributed by atoms with Crippen LogP contribution in [0.25, 0.3) is 0 Å². The third-order valence-corrected chi connectivity index (χ3v) is 10.4. The SMILES string of the molecule is O=C(Cc1n[nH]c2c1CN(S(=O)(=O)c1cc(F)cc(F)c1)CC2)c1ccc(OCCN2CCCC2)cc1NC1CCOCC1. The van der Waals surface area contributed by atoms with E-state index in [2.05, 4.69) is 20.4 Å². The van der Waals surface area contributed by atoms with Crippen molar-refractivity contribution >= 4 is 21.5 Å². The van der Waals surface area contributed by atoms with Gasteiger partial charge in [0.15, 0.2) is 5.78 Å². The first-order chi connectivity index (χ1) is 21.3. The summed E-state index contributed by atoms with van der Waals surface area (Å²) in [4.78, 5) is 15.7. The molecule has 3 aliphatic rings. The molecule has 3 aromatic rings. The second kappa shape index (κ2) is 13.3. The fourth-order valence-corrected chi connectivity index (χ4v) is 7.54. The van der Waals surface area contributed by atoms with E-state index in [-0.39, 0.29) is 31.3 Å². The average molecular weight is 630 g/mol. The highest BCUT2D eigenvalue weighted by Gasteiger charge is 2.32. The Balaban J connectivity index is 1.19. The maximum atomic E-state index is 13.8. The monoisotopic (exact) mass is 629 g/mol. The number of aromatic nitrogens is 2. The molecule has 0 unspecified atom stereocenters. The van der Waals surface area contributed by atoms with Gasteiger partial charge in [-0.15, -0.1) is 0 Å². The predicted octanol–water partition coefficient (Wildman–Crippen LogP) is 3.93. The molecule has 2 aromatic carbocycles. The van der Waals surface area contributed by atoms with Crippen LogP contribution >= 0.6 is 0 Å². The van der Waals surface area contributed by atoms with Crippen molar-refractivity contribution < 1.29 is 31.5 Å². The summed E-state index contributed by atoms with van der Waals surface area (Å²) >= 11 is 0. The van der Waals surface area contributed by atoms with Gasteiger partial charge in [0, 0.05) is 80.0 Å². The van der Waals surface area contributed by atoms with Crippen molar-refractivity contribution in [3.63, 3.8) is 0 Å². The number of carbonyl (C=O) groups is 1. The van der Waals surface area contributed by atoms with Crippen molar-refractivity contribution in [2.45, 2.75) is 56.0 Å². The number of nitrogens with zero attached hydrogens (tertiary/aromatic N) is 3. The van der Waals surface area contributed by atoms with Crippen molar-refractivity contribution in [2.75, 3.05) is 51.3 Å². The minimum absolute atomic E-state index is 0.0497. The van der Waals surface area contributed by atoms with Gasteiger partial charge in [0.25, 0.3) is 0 Å². The number of carbonyl (C=O) groups excluding carboxylic acids is 1. The Morgan fingerprint density at radius 3 is 2.57 bits per heavy atom. The highest BCUT2D eigenvalue weighted by atomic mass is 32.2. The number of ketones is 1. The highest BCUT2D eigenvalue weighted by Crippen LogP contribution is 2.30. The van der Waals surface area contributed by atoms with Crippen LogP contribution in [0.5, 0.6) is 5.75 Å². The van der Waals surface area contributed by atoms with Crippen LogP contribution in [0, 0.1) is 11.6 Å². The van der Waals surface area contributed by atoms with Gasteiger partial charge in [-0.2, -0.15) is 9.40 Å². The zero-order valence-corrected chi connectivity index (χ0v) is 25.3. The normalized spacial score (nSPS) is 18.3. The van der Waals surface area contributed by atoms with E-state index < -0.39 is 26.6 Å². The van der Waals surface area contributed by atoms with E-state index in [1.165, 1.54) is 17.1 Å². The number of fused-ring (bicyclic) bond motifs is 1. The Bertz CT molecular complexity index is 1580. The summed E-state index contributed by atoms with van der Waals surface area (Å²) in [5.74, 6) is -1.43. The number of sulfonamides is 1. The van der Waals surface area contributed by atoms with Gasteiger partial charge in [0.2, 0.25) is 10.0 Å². The number of anilines is 1. The number of hydrogen-bond acceptors (Lipinski definition) is 8. The van der Waals surface area contributed by atoms with Gasteiger partial charge in [0.1, 0.15) is 24.0 Å². The molecule has 10 nitrogen and oxygen atoms in total. The van der Waals surface area contributed by atoms with Gasteiger partial charge in [0.05, 0.1) is 17.0 Å². The third kappa shape index (κ3) is 6.96. The lowest BCUT2D eigenvalue weighted by molar-refractivity contribution is 0.0904. The molecule has 1 aromatic heterocycles. The summed E-state index contributed by atoms with van der Waals surface area (Å²) in [6.45, 7) is 4.95. The summed E-state index contributed by atoms with van der Waals surface area (Å²) in [7, 11) is -4.18. The molecule has 4 heterocycles. The van der Waals surface area contributed by atoms with Crippen molar-refractivity contribution in [1.29, 1.82) is 0 Å². The lowest BCUT2D eigenvalue weighted by atomic mass is 9.99. The van der Waals surface area contributed by atoms with Crippen LogP contribution < -0.4 is 10.1 Å². The maximum absolute atomic E-state index is 13.8. The number of halogens is 2. The topological polar surface area (TPSA) is 117 Å². The standard InChI is InChI=1S/C31H37F2N5O5S/c32-21-15-22(33)17-25(16-21)44(40,41)38-10-5-28-27(20-38)30(36-35-28)19-31(39)26-4-3-24(43-14-11-37-8-1-2-9-37)18-29(26)34-23-6-12-42-13-7-23/h3-4,15-18,23,34H,1-2,5-14,19-20H2,(H,35,36). The molecule has 13 heteroatoms.